The van der Waals surface area contributed by atoms with Gasteiger partial charge in [-0.25, -0.2) is 13.4 Å². The van der Waals surface area contributed by atoms with E-state index in [2.05, 4.69) is 20.3 Å². The van der Waals surface area contributed by atoms with Crippen LogP contribution in [-0.2, 0) is 21.3 Å². The van der Waals surface area contributed by atoms with Gasteiger partial charge in [0.25, 0.3) is 0 Å². The standard InChI is InChI=1S/C17H26N4O3S/c1-3-18-17(20-15-10-13-8-9-16(15)24-13)19-11-12-6-4-5-7-14(12)21-25(2,22)23/h4-7,13,15-16,21H,3,8-11H2,1-2H3,(H2,18,19,20). The van der Waals surface area contributed by atoms with Crippen molar-refractivity contribution >= 4 is 21.7 Å². The van der Waals surface area contributed by atoms with Crippen LogP contribution in [0.15, 0.2) is 29.3 Å². The molecule has 2 aliphatic heterocycles. The number of hydrogen-bond donors (Lipinski definition) is 3. The summed E-state index contributed by atoms with van der Waals surface area (Å²) in [7, 11) is -3.32. The maximum atomic E-state index is 11.5. The van der Waals surface area contributed by atoms with Gasteiger partial charge in [-0.2, -0.15) is 0 Å². The van der Waals surface area contributed by atoms with Crippen molar-refractivity contribution in [3.05, 3.63) is 29.8 Å². The second kappa shape index (κ2) is 7.61. The van der Waals surface area contributed by atoms with Crippen molar-refractivity contribution in [2.24, 2.45) is 4.99 Å². The fourth-order valence-electron chi connectivity index (χ4n) is 3.41. The van der Waals surface area contributed by atoms with Gasteiger partial charge in [0.2, 0.25) is 10.0 Å². The molecule has 0 radical (unpaired) electrons. The first-order valence-corrected chi connectivity index (χ1v) is 10.6. The molecule has 0 spiro atoms. The monoisotopic (exact) mass is 366 g/mol. The number of rotatable bonds is 6. The van der Waals surface area contributed by atoms with Crippen molar-refractivity contribution in [1.82, 2.24) is 10.6 Å². The fraction of sp³-hybridized carbons (Fsp3) is 0.588. The first-order chi connectivity index (χ1) is 11.9. The number of sulfonamides is 1. The Bertz CT molecular complexity index is 735. The van der Waals surface area contributed by atoms with Crippen LogP contribution in [0.25, 0.3) is 0 Å². The predicted octanol–water partition coefficient (Wildman–Crippen LogP) is 1.43. The van der Waals surface area contributed by atoms with E-state index in [9.17, 15) is 8.42 Å². The molecule has 2 fully saturated rings. The average molecular weight is 366 g/mol. The van der Waals surface area contributed by atoms with Crippen LogP contribution in [0.4, 0.5) is 5.69 Å². The van der Waals surface area contributed by atoms with Gasteiger partial charge in [-0.3, -0.25) is 4.72 Å². The smallest absolute Gasteiger partial charge is 0.229 e. The van der Waals surface area contributed by atoms with Crippen LogP contribution < -0.4 is 15.4 Å². The molecule has 0 saturated carbocycles. The van der Waals surface area contributed by atoms with Crippen molar-refractivity contribution in [2.45, 2.75) is 51.0 Å². The first-order valence-electron chi connectivity index (χ1n) is 8.70. The molecular formula is C17H26N4O3S. The Kier molecular flexibility index (Phi) is 5.48. The van der Waals surface area contributed by atoms with Gasteiger partial charge in [0.05, 0.1) is 36.7 Å². The normalized spacial score (nSPS) is 25.8. The van der Waals surface area contributed by atoms with Crippen LogP contribution in [-0.4, -0.2) is 45.4 Å². The quantitative estimate of drug-likeness (QED) is 0.523. The van der Waals surface area contributed by atoms with Gasteiger partial charge >= 0.3 is 0 Å². The van der Waals surface area contributed by atoms with Crippen molar-refractivity contribution in [3.8, 4) is 0 Å². The van der Waals surface area contributed by atoms with E-state index in [4.69, 9.17) is 4.74 Å². The molecule has 7 nitrogen and oxygen atoms in total. The van der Waals surface area contributed by atoms with Crippen LogP contribution in [0, 0.1) is 0 Å². The van der Waals surface area contributed by atoms with Crippen LogP contribution in [0.1, 0.15) is 31.7 Å². The number of ether oxygens (including phenoxy) is 1. The zero-order valence-electron chi connectivity index (χ0n) is 14.7. The van der Waals surface area contributed by atoms with Crippen LogP contribution in [0.3, 0.4) is 0 Å². The molecule has 25 heavy (non-hydrogen) atoms. The van der Waals surface area contributed by atoms with Gasteiger partial charge in [-0.05, 0) is 37.8 Å². The second-order valence-electron chi connectivity index (χ2n) is 6.59. The van der Waals surface area contributed by atoms with E-state index >= 15 is 0 Å². The van der Waals surface area contributed by atoms with Gasteiger partial charge in [-0.15, -0.1) is 0 Å². The third-order valence-electron chi connectivity index (χ3n) is 4.49. The molecule has 3 atom stereocenters. The first kappa shape index (κ1) is 18.0. The second-order valence-corrected chi connectivity index (χ2v) is 8.34. The molecule has 3 N–H and O–H groups in total. The molecule has 2 aliphatic rings. The number of nitrogens with zero attached hydrogens (tertiary/aromatic N) is 1. The summed E-state index contributed by atoms with van der Waals surface area (Å²) in [5, 5.41) is 6.71. The number of para-hydroxylation sites is 1. The predicted molar refractivity (Wildman–Crippen MR) is 99.2 cm³/mol. The van der Waals surface area contributed by atoms with E-state index in [-0.39, 0.29) is 6.10 Å². The van der Waals surface area contributed by atoms with Gasteiger partial charge in [0.15, 0.2) is 5.96 Å². The summed E-state index contributed by atoms with van der Waals surface area (Å²) in [6, 6.07) is 7.59. The maximum absolute atomic E-state index is 11.5. The highest BCUT2D eigenvalue weighted by Gasteiger charge is 2.41. The fourth-order valence-corrected chi connectivity index (χ4v) is 4.01. The van der Waals surface area contributed by atoms with Crippen molar-refractivity contribution in [3.63, 3.8) is 0 Å². The van der Waals surface area contributed by atoms with Crippen LogP contribution in [0.5, 0.6) is 0 Å². The van der Waals surface area contributed by atoms with E-state index in [1.807, 2.05) is 19.1 Å². The van der Waals surface area contributed by atoms with Gasteiger partial charge in [0.1, 0.15) is 0 Å². The molecule has 0 amide bonds. The molecule has 2 heterocycles. The zero-order chi connectivity index (χ0) is 17.9. The topological polar surface area (TPSA) is 91.8 Å². The zero-order valence-corrected chi connectivity index (χ0v) is 15.5. The van der Waals surface area contributed by atoms with Gasteiger partial charge in [0, 0.05) is 6.54 Å². The minimum Gasteiger partial charge on any atom is -0.373 e. The third kappa shape index (κ3) is 4.85. The number of anilines is 1. The molecule has 3 unspecified atom stereocenters. The number of hydrogen-bond acceptors (Lipinski definition) is 4. The lowest BCUT2D eigenvalue weighted by atomic mass is 9.96. The molecule has 138 valence electrons. The lowest BCUT2D eigenvalue weighted by Gasteiger charge is -2.22. The lowest BCUT2D eigenvalue weighted by molar-refractivity contribution is 0.0992. The van der Waals surface area contributed by atoms with Crippen molar-refractivity contribution in [1.29, 1.82) is 0 Å². The molecule has 3 rings (SSSR count). The summed E-state index contributed by atoms with van der Waals surface area (Å²) in [6.45, 7) is 3.17. The van der Waals surface area contributed by atoms with E-state index < -0.39 is 10.0 Å². The summed E-state index contributed by atoms with van der Waals surface area (Å²) in [5.41, 5.74) is 1.39. The lowest BCUT2D eigenvalue weighted by Crippen LogP contribution is -2.47. The molecule has 0 aromatic heterocycles. The van der Waals surface area contributed by atoms with Crippen LogP contribution >= 0.6 is 0 Å². The van der Waals surface area contributed by atoms with E-state index in [1.165, 1.54) is 0 Å². The molecule has 8 heteroatoms. The molecule has 2 saturated heterocycles. The van der Waals surface area contributed by atoms with E-state index in [1.54, 1.807) is 12.1 Å². The summed E-state index contributed by atoms with van der Waals surface area (Å²) < 4.78 is 31.4. The Balaban J connectivity index is 1.69. The molecular weight excluding hydrogens is 340 g/mol. The van der Waals surface area contributed by atoms with Crippen molar-refractivity contribution < 1.29 is 13.2 Å². The minimum atomic E-state index is -3.32. The Labute approximate surface area is 149 Å². The summed E-state index contributed by atoms with van der Waals surface area (Å²) >= 11 is 0. The summed E-state index contributed by atoms with van der Waals surface area (Å²) in [5.74, 6) is 0.734. The number of fused-ring (bicyclic) bond motifs is 2. The minimum absolute atomic E-state index is 0.271. The number of guanidine groups is 1. The van der Waals surface area contributed by atoms with Gasteiger partial charge in [-0.1, -0.05) is 18.2 Å². The number of benzene rings is 1. The molecule has 2 bridgehead atoms. The Hall–Kier alpha value is -1.80. The molecule has 1 aromatic carbocycles. The van der Waals surface area contributed by atoms with E-state index in [0.717, 1.165) is 43.6 Å². The van der Waals surface area contributed by atoms with Gasteiger partial charge < -0.3 is 15.4 Å². The Morgan fingerprint density at radius 1 is 1.32 bits per heavy atom. The summed E-state index contributed by atoms with van der Waals surface area (Å²) in [6.07, 6.45) is 5.07. The summed E-state index contributed by atoms with van der Waals surface area (Å²) in [4.78, 5) is 4.63. The van der Waals surface area contributed by atoms with Crippen LogP contribution in [0.2, 0.25) is 0 Å². The molecule has 0 aliphatic carbocycles. The maximum Gasteiger partial charge on any atom is 0.229 e. The Morgan fingerprint density at radius 3 is 2.76 bits per heavy atom. The largest absolute Gasteiger partial charge is 0.373 e. The number of aliphatic imine (C=N–C) groups is 1. The highest BCUT2D eigenvalue weighted by molar-refractivity contribution is 7.92. The number of nitrogens with one attached hydrogen (secondary N) is 3. The Morgan fingerprint density at radius 2 is 2.12 bits per heavy atom. The average Bonchev–Trinajstić information content (AvgIpc) is 3.15. The molecule has 1 aromatic rings. The third-order valence-corrected chi connectivity index (χ3v) is 5.08. The SMILES string of the molecule is CCNC(=NCc1ccccc1NS(C)(=O)=O)NC1CC2CCC1O2. The van der Waals surface area contributed by atoms with E-state index in [0.29, 0.717) is 24.4 Å². The van der Waals surface area contributed by atoms with Crippen molar-refractivity contribution in [2.75, 3.05) is 17.5 Å². The highest BCUT2D eigenvalue weighted by atomic mass is 32.2. The highest BCUT2D eigenvalue weighted by Crippen LogP contribution is 2.34.